The first-order valence-electron chi connectivity index (χ1n) is 6.22. The van der Waals surface area contributed by atoms with Crippen LogP contribution in [0.25, 0.3) is 0 Å². The third kappa shape index (κ3) is 2.33. The number of benzene rings is 1. The summed E-state index contributed by atoms with van der Waals surface area (Å²) in [6.45, 7) is 1.03. The Bertz CT molecular complexity index is 645. The van der Waals surface area contributed by atoms with Gasteiger partial charge in [0.05, 0.1) is 11.8 Å². The van der Waals surface area contributed by atoms with Gasteiger partial charge in [-0.15, -0.1) is 5.10 Å². The third-order valence-electron chi connectivity index (χ3n) is 3.15. The van der Waals surface area contributed by atoms with Crippen LogP contribution in [0.1, 0.15) is 17.5 Å². The molecular formula is C14H13N5. The fourth-order valence-corrected chi connectivity index (χ4v) is 2.20. The van der Waals surface area contributed by atoms with Gasteiger partial charge in [0.1, 0.15) is 6.07 Å². The summed E-state index contributed by atoms with van der Waals surface area (Å²) in [5.74, 6) is 0.494. The van der Waals surface area contributed by atoms with Gasteiger partial charge in [-0.1, -0.05) is 0 Å². The normalized spacial score (nSPS) is 13.0. The summed E-state index contributed by atoms with van der Waals surface area (Å²) < 4.78 is 0. The Morgan fingerprint density at radius 2 is 2.26 bits per heavy atom. The number of nitrogens with zero attached hydrogens (tertiary/aromatic N) is 3. The maximum Gasteiger partial charge on any atom is 0.171 e. The van der Waals surface area contributed by atoms with Crippen LogP contribution in [-0.2, 0) is 6.42 Å². The number of nitrogens with one attached hydrogen (secondary N) is 2. The fraction of sp³-hybridized carbons (Fsp3) is 0.214. The van der Waals surface area contributed by atoms with Crippen LogP contribution in [0.15, 0.2) is 30.5 Å². The van der Waals surface area contributed by atoms with Crippen molar-refractivity contribution in [1.82, 2.24) is 10.2 Å². The molecule has 0 amide bonds. The SMILES string of the molecule is N#Cc1ccnnc1Nc1ccc2c(c1)CCCN2. The average molecular weight is 251 g/mol. The second kappa shape index (κ2) is 4.94. The van der Waals surface area contributed by atoms with Crippen LogP contribution in [0.5, 0.6) is 0 Å². The number of anilines is 3. The molecule has 2 N–H and O–H groups in total. The van der Waals surface area contributed by atoms with Gasteiger partial charge in [0.2, 0.25) is 0 Å². The molecule has 19 heavy (non-hydrogen) atoms. The zero-order valence-electron chi connectivity index (χ0n) is 10.3. The lowest BCUT2D eigenvalue weighted by atomic mass is 10.0. The van der Waals surface area contributed by atoms with Crippen molar-refractivity contribution in [3.8, 4) is 6.07 Å². The Hall–Kier alpha value is -2.61. The van der Waals surface area contributed by atoms with Gasteiger partial charge in [-0.05, 0) is 42.7 Å². The molecule has 0 unspecified atom stereocenters. The van der Waals surface area contributed by atoms with E-state index in [9.17, 15) is 0 Å². The Morgan fingerprint density at radius 1 is 1.32 bits per heavy atom. The molecular weight excluding hydrogens is 238 g/mol. The van der Waals surface area contributed by atoms with Crippen LogP contribution in [-0.4, -0.2) is 16.7 Å². The summed E-state index contributed by atoms with van der Waals surface area (Å²) in [7, 11) is 0. The van der Waals surface area contributed by atoms with E-state index in [-0.39, 0.29) is 0 Å². The molecule has 94 valence electrons. The van der Waals surface area contributed by atoms with E-state index in [1.54, 1.807) is 6.07 Å². The molecule has 5 nitrogen and oxygen atoms in total. The molecule has 1 aliphatic rings. The van der Waals surface area contributed by atoms with Gasteiger partial charge in [0, 0.05) is 17.9 Å². The van der Waals surface area contributed by atoms with Crippen molar-refractivity contribution < 1.29 is 0 Å². The van der Waals surface area contributed by atoms with E-state index in [1.807, 2.05) is 6.07 Å². The molecule has 3 rings (SSSR count). The first kappa shape index (κ1) is 11.5. The number of nitriles is 1. The van der Waals surface area contributed by atoms with Crippen molar-refractivity contribution in [3.63, 3.8) is 0 Å². The van der Waals surface area contributed by atoms with E-state index in [2.05, 4.69) is 39.0 Å². The van der Waals surface area contributed by atoms with Crippen molar-refractivity contribution in [3.05, 3.63) is 41.6 Å². The van der Waals surface area contributed by atoms with E-state index < -0.39 is 0 Å². The van der Waals surface area contributed by atoms with Gasteiger partial charge in [-0.2, -0.15) is 10.4 Å². The minimum absolute atomic E-state index is 0.492. The smallest absolute Gasteiger partial charge is 0.171 e. The molecule has 0 atom stereocenters. The van der Waals surface area contributed by atoms with Gasteiger partial charge < -0.3 is 10.6 Å². The number of aryl methyl sites for hydroxylation is 1. The lowest BCUT2D eigenvalue weighted by Crippen LogP contribution is -2.11. The van der Waals surface area contributed by atoms with Crippen molar-refractivity contribution in [2.24, 2.45) is 0 Å². The summed E-state index contributed by atoms with van der Waals surface area (Å²) in [6, 6.07) is 9.88. The lowest BCUT2D eigenvalue weighted by Gasteiger charge is -2.19. The Labute approximate surface area is 111 Å². The summed E-state index contributed by atoms with van der Waals surface area (Å²) in [4.78, 5) is 0. The van der Waals surface area contributed by atoms with Crippen LogP contribution in [0, 0.1) is 11.3 Å². The van der Waals surface area contributed by atoms with Gasteiger partial charge in [-0.3, -0.25) is 0 Å². The van der Waals surface area contributed by atoms with Crippen molar-refractivity contribution in [2.75, 3.05) is 17.2 Å². The fourth-order valence-electron chi connectivity index (χ4n) is 2.20. The molecule has 2 aromatic rings. The maximum absolute atomic E-state index is 9.02. The number of fused-ring (bicyclic) bond motifs is 1. The number of hydrogen-bond acceptors (Lipinski definition) is 5. The van der Waals surface area contributed by atoms with Crippen molar-refractivity contribution in [2.45, 2.75) is 12.8 Å². The lowest BCUT2D eigenvalue weighted by molar-refractivity contribution is 0.830. The standard InChI is InChI=1S/C14H13N5/c15-9-11-5-7-17-19-14(11)18-12-3-4-13-10(8-12)2-1-6-16-13/h3-5,7-8,16H,1-2,6H2,(H,18,19). The van der Waals surface area contributed by atoms with Crippen LogP contribution in [0.4, 0.5) is 17.2 Å². The molecule has 0 bridgehead atoms. The van der Waals surface area contributed by atoms with E-state index in [0.717, 1.165) is 25.1 Å². The molecule has 0 spiro atoms. The van der Waals surface area contributed by atoms with Crippen molar-refractivity contribution >= 4 is 17.2 Å². The summed E-state index contributed by atoms with van der Waals surface area (Å²) in [5, 5.41) is 23.3. The first-order chi connectivity index (χ1) is 9.36. The van der Waals surface area contributed by atoms with Crippen LogP contribution in [0.2, 0.25) is 0 Å². The van der Waals surface area contributed by atoms with Gasteiger partial charge in [0.25, 0.3) is 0 Å². The van der Waals surface area contributed by atoms with Crippen LogP contribution in [0.3, 0.4) is 0 Å². The molecule has 0 saturated carbocycles. The molecule has 1 aromatic carbocycles. The second-order valence-electron chi connectivity index (χ2n) is 4.43. The van der Waals surface area contributed by atoms with Gasteiger partial charge in [-0.25, -0.2) is 0 Å². The first-order valence-corrected chi connectivity index (χ1v) is 6.22. The summed E-state index contributed by atoms with van der Waals surface area (Å²) in [5.41, 5.74) is 3.90. The molecule has 2 heterocycles. The third-order valence-corrected chi connectivity index (χ3v) is 3.15. The van der Waals surface area contributed by atoms with Crippen LogP contribution < -0.4 is 10.6 Å². The van der Waals surface area contributed by atoms with Gasteiger partial charge >= 0.3 is 0 Å². The molecule has 1 aliphatic heterocycles. The molecule has 0 saturated heterocycles. The van der Waals surface area contributed by atoms with Gasteiger partial charge in [0.15, 0.2) is 5.82 Å². The topological polar surface area (TPSA) is 73.6 Å². The Kier molecular flexibility index (Phi) is 2.99. The Morgan fingerprint density at radius 3 is 3.16 bits per heavy atom. The molecule has 0 aliphatic carbocycles. The van der Waals surface area contributed by atoms with Crippen LogP contribution >= 0.6 is 0 Å². The predicted molar refractivity (Wildman–Crippen MR) is 73.3 cm³/mol. The molecule has 0 radical (unpaired) electrons. The maximum atomic E-state index is 9.02. The van der Waals surface area contributed by atoms with E-state index in [1.165, 1.54) is 17.4 Å². The molecule has 5 heteroatoms. The quantitative estimate of drug-likeness (QED) is 0.857. The predicted octanol–water partition coefficient (Wildman–Crippen LogP) is 2.45. The minimum atomic E-state index is 0.492. The zero-order valence-corrected chi connectivity index (χ0v) is 10.3. The van der Waals surface area contributed by atoms with Crippen molar-refractivity contribution in [1.29, 1.82) is 5.26 Å². The van der Waals surface area contributed by atoms with E-state index >= 15 is 0 Å². The van der Waals surface area contributed by atoms with E-state index in [4.69, 9.17) is 5.26 Å². The summed E-state index contributed by atoms with van der Waals surface area (Å²) >= 11 is 0. The molecule has 1 aromatic heterocycles. The highest BCUT2D eigenvalue weighted by Gasteiger charge is 2.10. The monoisotopic (exact) mass is 251 g/mol. The minimum Gasteiger partial charge on any atom is -0.385 e. The highest BCUT2D eigenvalue weighted by molar-refractivity contribution is 5.67. The number of rotatable bonds is 2. The summed E-state index contributed by atoms with van der Waals surface area (Å²) in [6.07, 6.45) is 3.73. The highest BCUT2D eigenvalue weighted by Crippen LogP contribution is 2.26. The largest absolute Gasteiger partial charge is 0.385 e. The highest BCUT2D eigenvalue weighted by atomic mass is 15.2. The number of aromatic nitrogens is 2. The Balaban J connectivity index is 1.89. The second-order valence-corrected chi connectivity index (χ2v) is 4.43. The number of hydrogen-bond donors (Lipinski definition) is 2. The average Bonchev–Trinajstić information content (AvgIpc) is 2.48. The zero-order chi connectivity index (χ0) is 13.1. The molecule has 0 fully saturated rings. The van der Waals surface area contributed by atoms with E-state index in [0.29, 0.717) is 11.4 Å².